The van der Waals surface area contributed by atoms with Gasteiger partial charge in [0.15, 0.2) is 0 Å². The molecule has 0 atom stereocenters. The third-order valence-corrected chi connectivity index (χ3v) is 6.05. The van der Waals surface area contributed by atoms with Gasteiger partial charge in [0.25, 0.3) is 11.5 Å². The van der Waals surface area contributed by atoms with E-state index in [4.69, 9.17) is 4.74 Å². The quantitative estimate of drug-likeness (QED) is 0.670. The van der Waals surface area contributed by atoms with E-state index < -0.39 is 11.2 Å². The number of nitrogens with zero attached hydrogens (tertiary/aromatic N) is 3. The second-order valence-electron chi connectivity index (χ2n) is 6.96. The first-order chi connectivity index (χ1) is 14.6. The minimum Gasteiger partial charge on any atom is -0.497 e. The maximum absolute atomic E-state index is 13.0. The molecule has 2 aromatic heterocycles. The fourth-order valence-electron chi connectivity index (χ4n) is 3.50. The van der Waals surface area contributed by atoms with Crippen molar-refractivity contribution in [2.75, 3.05) is 38.2 Å². The van der Waals surface area contributed by atoms with E-state index in [-0.39, 0.29) is 18.0 Å². The Morgan fingerprint density at radius 2 is 1.83 bits per heavy atom. The number of nitrogens with one attached hydrogen (secondary N) is 1. The molecule has 4 rings (SSSR count). The predicted molar refractivity (Wildman–Crippen MR) is 116 cm³/mol. The second kappa shape index (κ2) is 8.58. The van der Waals surface area contributed by atoms with Crippen LogP contribution in [0.2, 0.25) is 0 Å². The minimum absolute atomic E-state index is 0.0101. The van der Waals surface area contributed by atoms with Gasteiger partial charge in [0.05, 0.1) is 13.7 Å². The van der Waals surface area contributed by atoms with Crippen molar-refractivity contribution in [2.24, 2.45) is 0 Å². The summed E-state index contributed by atoms with van der Waals surface area (Å²) in [6, 6.07) is 11.5. The summed E-state index contributed by atoms with van der Waals surface area (Å²) in [5.74, 6) is 0.440. The number of carbonyl (C=O) groups is 1. The number of hydrogen-bond donors (Lipinski definition) is 1. The second-order valence-corrected chi connectivity index (χ2v) is 7.99. The van der Waals surface area contributed by atoms with Gasteiger partial charge in [-0.05, 0) is 35.7 Å². The average Bonchev–Trinajstić information content (AvgIpc) is 3.30. The van der Waals surface area contributed by atoms with Crippen LogP contribution in [0.4, 0.5) is 5.69 Å². The Bertz CT molecular complexity index is 1130. The summed E-state index contributed by atoms with van der Waals surface area (Å²) < 4.78 is 6.26. The van der Waals surface area contributed by atoms with Crippen LogP contribution < -0.4 is 20.9 Å². The van der Waals surface area contributed by atoms with Crippen LogP contribution in [0.5, 0.6) is 5.75 Å². The number of thiophene rings is 1. The number of rotatable bonds is 5. The molecule has 1 N–H and O–H groups in total. The standard InChI is InChI=1S/C21H22N4O4S/c1-29-16-6-4-15(5-7-16)23-8-10-24(11-9-23)19(26)18-13-22-21(28)25(20(18)27)14-17-3-2-12-30-17/h2-7,12-13H,8-11,14H2,1H3,(H,22,28). The van der Waals surface area contributed by atoms with Gasteiger partial charge in [0.2, 0.25) is 0 Å². The minimum atomic E-state index is -0.560. The van der Waals surface area contributed by atoms with Gasteiger partial charge in [0, 0.05) is 42.9 Å². The number of methoxy groups -OCH3 is 1. The summed E-state index contributed by atoms with van der Waals surface area (Å²) in [7, 11) is 1.63. The van der Waals surface area contributed by atoms with E-state index in [1.807, 2.05) is 41.8 Å². The van der Waals surface area contributed by atoms with Crippen molar-refractivity contribution in [3.8, 4) is 5.75 Å². The topological polar surface area (TPSA) is 87.6 Å². The lowest BCUT2D eigenvalue weighted by atomic mass is 10.2. The average molecular weight is 426 g/mol. The van der Waals surface area contributed by atoms with Crippen molar-refractivity contribution in [3.63, 3.8) is 0 Å². The fourth-order valence-corrected chi connectivity index (χ4v) is 4.19. The van der Waals surface area contributed by atoms with E-state index in [1.54, 1.807) is 12.0 Å². The van der Waals surface area contributed by atoms with E-state index in [9.17, 15) is 14.4 Å². The highest BCUT2D eigenvalue weighted by Crippen LogP contribution is 2.20. The number of piperazine rings is 1. The molecular weight excluding hydrogens is 404 g/mol. The normalized spacial score (nSPS) is 14.0. The number of H-pyrrole nitrogens is 1. The fraction of sp³-hybridized carbons (Fsp3) is 0.286. The zero-order valence-corrected chi connectivity index (χ0v) is 17.4. The third-order valence-electron chi connectivity index (χ3n) is 5.19. The van der Waals surface area contributed by atoms with Crippen LogP contribution in [0.3, 0.4) is 0 Å². The summed E-state index contributed by atoms with van der Waals surface area (Å²) in [6.07, 6.45) is 1.23. The van der Waals surface area contributed by atoms with Crippen molar-refractivity contribution >= 4 is 22.9 Å². The molecule has 1 saturated heterocycles. The van der Waals surface area contributed by atoms with E-state index in [2.05, 4.69) is 9.88 Å². The zero-order valence-electron chi connectivity index (χ0n) is 16.5. The maximum atomic E-state index is 13.0. The molecule has 0 saturated carbocycles. The summed E-state index contributed by atoms with van der Waals surface area (Å²) in [4.78, 5) is 45.2. The van der Waals surface area contributed by atoms with E-state index in [0.29, 0.717) is 26.2 Å². The lowest BCUT2D eigenvalue weighted by molar-refractivity contribution is 0.0743. The molecule has 9 heteroatoms. The number of aromatic amines is 1. The van der Waals surface area contributed by atoms with Crippen molar-refractivity contribution in [1.82, 2.24) is 14.5 Å². The Kier molecular flexibility index (Phi) is 5.71. The van der Waals surface area contributed by atoms with E-state index in [0.717, 1.165) is 20.9 Å². The molecule has 0 spiro atoms. The molecule has 30 heavy (non-hydrogen) atoms. The third kappa shape index (κ3) is 4.02. The summed E-state index contributed by atoms with van der Waals surface area (Å²) in [5, 5.41) is 1.88. The first-order valence-corrected chi connectivity index (χ1v) is 10.5. The highest BCUT2D eigenvalue weighted by atomic mass is 32.1. The monoisotopic (exact) mass is 426 g/mol. The van der Waals surface area contributed by atoms with Gasteiger partial charge >= 0.3 is 5.69 Å². The Morgan fingerprint density at radius 3 is 2.47 bits per heavy atom. The highest BCUT2D eigenvalue weighted by molar-refractivity contribution is 7.09. The Balaban J connectivity index is 1.47. The molecule has 3 aromatic rings. The number of benzene rings is 1. The Hall–Kier alpha value is -3.33. The molecule has 1 aromatic carbocycles. The molecule has 1 aliphatic rings. The molecule has 0 aliphatic carbocycles. The molecule has 0 radical (unpaired) electrons. The SMILES string of the molecule is COc1ccc(N2CCN(C(=O)c3c[nH]c(=O)n(Cc4cccs4)c3=O)CC2)cc1. The first kappa shape index (κ1) is 20.0. The number of aromatic nitrogens is 2. The lowest BCUT2D eigenvalue weighted by Crippen LogP contribution is -2.50. The summed E-state index contributed by atoms with van der Waals surface area (Å²) >= 11 is 1.46. The van der Waals surface area contributed by atoms with Crippen molar-refractivity contribution in [3.05, 3.63) is 79.3 Å². The molecule has 1 amide bonds. The Morgan fingerprint density at radius 1 is 1.10 bits per heavy atom. The number of hydrogen-bond acceptors (Lipinski definition) is 6. The van der Waals surface area contributed by atoms with Crippen molar-refractivity contribution < 1.29 is 9.53 Å². The van der Waals surface area contributed by atoms with Crippen LogP contribution in [0.1, 0.15) is 15.2 Å². The molecule has 0 unspecified atom stereocenters. The molecule has 1 aliphatic heterocycles. The predicted octanol–water partition coefficient (Wildman–Crippen LogP) is 1.62. The van der Waals surface area contributed by atoms with Gasteiger partial charge in [-0.25, -0.2) is 4.79 Å². The van der Waals surface area contributed by atoms with Crippen molar-refractivity contribution in [1.29, 1.82) is 0 Å². The number of carbonyl (C=O) groups excluding carboxylic acids is 1. The molecule has 3 heterocycles. The molecule has 156 valence electrons. The molecule has 8 nitrogen and oxygen atoms in total. The summed E-state index contributed by atoms with van der Waals surface area (Å²) in [5.41, 5.74) is -0.0293. The summed E-state index contributed by atoms with van der Waals surface area (Å²) in [6.45, 7) is 2.45. The zero-order chi connectivity index (χ0) is 21.1. The van der Waals surface area contributed by atoms with E-state index in [1.165, 1.54) is 17.5 Å². The van der Waals surface area contributed by atoms with Gasteiger partial charge in [-0.1, -0.05) is 6.07 Å². The van der Waals surface area contributed by atoms with Gasteiger partial charge in [-0.15, -0.1) is 11.3 Å². The van der Waals surface area contributed by atoms with Crippen molar-refractivity contribution in [2.45, 2.75) is 6.54 Å². The van der Waals surface area contributed by atoms with Crippen LogP contribution >= 0.6 is 11.3 Å². The number of anilines is 1. The van der Waals surface area contributed by atoms with Crippen LogP contribution in [0.25, 0.3) is 0 Å². The number of amides is 1. The lowest BCUT2D eigenvalue weighted by Gasteiger charge is -2.36. The van der Waals surface area contributed by atoms with Crippen LogP contribution in [-0.2, 0) is 6.54 Å². The van der Waals surface area contributed by atoms with Crippen LogP contribution in [0.15, 0.2) is 57.6 Å². The smallest absolute Gasteiger partial charge is 0.328 e. The molecule has 1 fully saturated rings. The first-order valence-electron chi connectivity index (χ1n) is 9.60. The van der Waals surface area contributed by atoms with Crippen LogP contribution in [0, 0.1) is 0 Å². The maximum Gasteiger partial charge on any atom is 0.328 e. The van der Waals surface area contributed by atoms with Gasteiger partial charge < -0.3 is 19.5 Å². The van der Waals surface area contributed by atoms with Gasteiger partial charge in [-0.2, -0.15) is 0 Å². The van der Waals surface area contributed by atoms with Gasteiger partial charge in [-0.3, -0.25) is 14.2 Å². The largest absolute Gasteiger partial charge is 0.497 e. The molecule has 0 bridgehead atoms. The highest BCUT2D eigenvalue weighted by Gasteiger charge is 2.25. The Labute approximate surface area is 177 Å². The van der Waals surface area contributed by atoms with E-state index >= 15 is 0 Å². The van der Waals surface area contributed by atoms with Crippen LogP contribution in [-0.4, -0.2) is 53.6 Å². The molecular formula is C21H22N4O4S. The van der Waals surface area contributed by atoms with Gasteiger partial charge in [0.1, 0.15) is 11.3 Å². The number of ether oxygens (including phenoxy) is 1.